The van der Waals surface area contributed by atoms with Gasteiger partial charge in [-0.05, 0) is 63.6 Å². The van der Waals surface area contributed by atoms with Crippen LogP contribution in [0.5, 0.6) is 11.5 Å². The number of esters is 2. The number of aromatic nitrogens is 1. The summed E-state index contributed by atoms with van der Waals surface area (Å²) < 4.78 is 21.5. The maximum absolute atomic E-state index is 13.1. The van der Waals surface area contributed by atoms with Crippen molar-refractivity contribution < 1.29 is 28.5 Å². The first-order chi connectivity index (χ1) is 19.3. The number of hydrogen-bond donors (Lipinski definition) is 1. The number of aliphatic imine (C=N–C) groups is 1. The Kier molecular flexibility index (Phi) is 9.21. The molecule has 2 atom stereocenters. The molecule has 1 aromatic heterocycles. The first kappa shape index (κ1) is 28.8. The molecule has 9 nitrogen and oxygen atoms in total. The summed E-state index contributed by atoms with van der Waals surface area (Å²) in [7, 11) is 3.19. The number of benzene rings is 2. The van der Waals surface area contributed by atoms with Crippen LogP contribution in [-0.4, -0.2) is 50.1 Å². The lowest BCUT2D eigenvalue weighted by molar-refractivity contribution is -0.146. The summed E-state index contributed by atoms with van der Waals surface area (Å²) in [5.41, 5.74) is 4.67. The molecule has 3 aromatic rings. The van der Waals surface area contributed by atoms with Crippen LogP contribution in [0.25, 0.3) is 11.3 Å². The molecule has 0 amide bonds. The highest BCUT2D eigenvalue weighted by Crippen LogP contribution is 2.41. The Morgan fingerprint density at radius 2 is 1.73 bits per heavy atom. The predicted molar refractivity (Wildman–Crippen MR) is 156 cm³/mol. The minimum absolute atomic E-state index is 0.211. The van der Waals surface area contributed by atoms with E-state index in [4.69, 9.17) is 23.9 Å². The highest BCUT2D eigenvalue weighted by molar-refractivity contribution is 7.14. The number of hydrogen-bond acceptors (Lipinski definition) is 10. The molecular weight excluding hydrogens is 530 g/mol. The van der Waals surface area contributed by atoms with Crippen molar-refractivity contribution in [2.75, 3.05) is 32.8 Å². The first-order valence-electron chi connectivity index (χ1n) is 13.0. The molecule has 0 spiro atoms. The van der Waals surface area contributed by atoms with Gasteiger partial charge in [0.1, 0.15) is 5.92 Å². The lowest BCUT2D eigenvalue weighted by Crippen LogP contribution is -2.36. The number of rotatable bonds is 10. The summed E-state index contributed by atoms with van der Waals surface area (Å²) in [6.07, 6.45) is 0. The van der Waals surface area contributed by atoms with Gasteiger partial charge in [-0.25, -0.2) is 9.78 Å². The molecule has 2 unspecified atom stereocenters. The zero-order valence-electron chi connectivity index (χ0n) is 23.4. The second-order valence-corrected chi connectivity index (χ2v) is 9.90. The van der Waals surface area contributed by atoms with E-state index in [1.807, 2.05) is 47.8 Å². The third kappa shape index (κ3) is 6.02. The van der Waals surface area contributed by atoms with Crippen molar-refractivity contribution in [2.45, 2.75) is 33.6 Å². The molecule has 0 aliphatic carbocycles. The number of nitrogens with zero attached hydrogens (tertiary/aromatic N) is 2. The summed E-state index contributed by atoms with van der Waals surface area (Å²) in [5, 5.41) is 6.00. The molecule has 0 saturated carbocycles. The van der Waals surface area contributed by atoms with Crippen LogP contribution in [0.1, 0.15) is 39.2 Å². The highest BCUT2D eigenvalue weighted by Gasteiger charge is 2.42. The van der Waals surface area contributed by atoms with Crippen LogP contribution in [0.15, 0.2) is 64.1 Å². The van der Waals surface area contributed by atoms with Crippen LogP contribution in [0.2, 0.25) is 0 Å². The second kappa shape index (κ2) is 12.8. The van der Waals surface area contributed by atoms with Crippen LogP contribution in [-0.2, 0) is 19.1 Å². The standard InChI is InChI=1S/C30H33N3O6S/c1-7-38-28(34)25-17(3)31-18(4)26(29(35)39-8-2)27(25)20-10-9-11-21(14-20)32-30-33-22(16-40-30)19-12-13-23(36-5)24(15-19)37-6/h9-16,25,27H,7-8H2,1-6H3,(H,32,33). The van der Waals surface area contributed by atoms with E-state index >= 15 is 0 Å². The predicted octanol–water partition coefficient (Wildman–Crippen LogP) is 6.15. The van der Waals surface area contributed by atoms with Gasteiger partial charge >= 0.3 is 11.9 Å². The number of carbonyl (C=O) groups excluding carboxylic acids is 2. The second-order valence-electron chi connectivity index (χ2n) is 9.04. The summed E-state index contributed by atoms with van der Waals surface area (Å²) in [6.45, 7) is 7.48. The Balaban J connectivity index is 1.67. The van der Waals surface area contributed by atoms with Gasteiger partial charge in [-0.1, -0.05) is 12.1 Å². The van der Waals surface area contributed by atoms with E-state index in [0.29, 0.717) is 33.6 Å². The van der Waals surface area contributed by atoms with Crippen LogP contribution >= 0.6 is 11.3 Å². The fourth-order valence-corrected chi connectivity index (χ4v) is 5.54. The van der Waals surface area contributed by atoms with E-state index in [-0.39, 0.29) is 13.2 Å². The van der Waals surface area contributed by atoms with Crippen molar-refractivity contribution in [2.24, 2.45) is 10.9 Å². The van der Waals surface area contributed by atoms with Gasteiger partial charge in [0.05, 0.1) is 38.7 Å². The third-order valence-electron chi connectivity index (χ3n) is 6.54. The van der Waals surface area contributed by atoms with E-state index in [9.17, 15) is 9.59 Å². The number of nitrogens with one attached hydrogen (secondary N) is 1. The number of allylic oxidation sites excluding steroid dienone is 1. The van der Waals surface area contributed by atoms with E-state index in [1.54, 1.807) is 41.9 Å². The van der Waals surface area contributed by atoms with E-state index in [2.05, 4.69) is 10.3 Å². The van der Waals surface area contributed by atoms with Gasteiger partial charge in [-0.15, -0.1) is 11.3 Å². The van der Waals surface area contributed by atoms with E-state index < -0.39 is 23.8 Å². The fourth-order valence-electron chi connectivity index (χ4n) is 4.80. The molecule has 40 heavy (non-hydrogen) atoms. The Morgan fingerprint density at radius 1 is 0.975 bits per heavy atom. The average Bonchev–Trinajstić information content (AvgIpc) is 3.40. The van der Waals surface area contributed by atoms with Crippen molar-refractivity contribution in [3.8, 4) is 22.8 Å². The van der Waals surface area contributed by atoms with Crippen molar-refractivity contribution in [3.05, 3.63) is 64.7 Å². The number of carbonyl (C=O) groups is 2. The maximum atomic E-state index is 13.1. The molecule has 0 bridgehead atoms. The van der Waals surface area contributed by atoms with Gasteiger partial charge in [-0.2, -0.15) is 0 Å². The van der Waals surface area contributed by atoms with Crippen molar-refractivity contribution in [1.29, 1.82) is 0 Å². The molecule has 2 aromatic carbocycles. The number of methoxy groups -OCH3 is 2. The summed E-state index contributed by atoms with van der Waals surface area (Å²) in [4.78, 5) is 35.5. The van der Waals surface area contributed by atoms with E-state index in [1.165, 1.54) is 11.3 Å². The molecule has 10 heteroatoms. The largest absolute Gasteiger partial charge is 0.493 e. The fraction of sp³-hybridized carbons (Fsp3) is 0.333. The van der Waals surface area contributed by atoms with Crippen molar-refractivity contribution in [1.82, 2.24) is 4.98 Å². The van der Waals surface area contributed by atoms with E-state index in [0.717, 1.165) is 22.5 Å². The molecule has 1 N–H and O–H groups in total. The number of anilines is 2. The van der Waals surface area contributed by atoms with Gasteiger partial charge in [0, 0.05) is 34.0 Å². The lowest BCUT2D eigenvalue weighted by Gasteiger charge is -2.31. The molecule has 1 aliphatic heterocycles. The van der Waals surface area contributed by atoms with Gasteiger partial charge in [0.25, 0.3) is 0 Å². The zero-order valence-corrected chi connectivity index (χ0v) is 24.3. The molecule has 1 aliphatic rings. The van der Waals surface area contributed by atoms with Crippen LogP contribution in [0.4, 0.5) is 10.8 Å². The number of thiazole rings is 1. The van der Waals surface area contributed by atoms with Gasteiger partial charge in [0.15, 0.2) is 16.6 Å². The quantitative estimate of drug-likeness (QED) is 0.293. The maximum Gasteiger partial charge on any atom is 0.336 e. The first-order valence-corrected chi connectivity index (χ1v) is 13.8. The third-order valence-corrected chi connectivity index (χ3v) is 7.30. The average molecular weight is 564 g/mol. The molecule has 0 fully saturated rings. The van der Waals surface area contributed by atoms with Crippen LogP contribution in [0, 0.1) is 5.92 Å². The molecular formula is C30H33N3O6S. The van der Waals surface area contributed by atoms with Gasteiger partial charge in [-0.3, -0.25) is 9.79 Å². The SMILES string of the molecule is CCOC(=O)C1=C(C)N=C(C)C(C(=O)OCC)C1c1cccc(Nc2nc(-c3ccc(OC)c(OC)c3)cs2)c1. The Labute approximate surface area is 237 Å². The smallest absolute Gasteiger partial charge is 0.336 e. The zero-order chi connectivity index (χ0) is 28.8. The molecule has 2 heterocycles. The van der Waals surface area contributed by atoms with Crippen molar-refractivity contribution >= 4 is 39.8 Å². The Morgan fingerprint density at radius 3 is 2.42 bits per heavy atom. The molecule has 210 valence electrons. The van der Waals surface area contributed by atoms with Crippen molar-refractivity contribution in [3.63, 3.8) is 0 Å². The minimum Gasteiger partial charge on any atom is -0.493 e. The Hall–Kier alpha value is -4.18. The minimum atomic E-state index is -0.755. The van der Waals surface area contributed by atoms with Gasteiger partial charge < -0.3 is 24.3 Å². The van der Waals surface area contributed by atoms with Gasteiger partial charge in [0.2, 0.25) is 0 Å². The Bertz CT molecular complexity index is 1460. The number of ether oxygens (including phenoxy) is 4. The summed E-state index contributed by atoms with van der Waals surface area (Å²) >= 11 is 1.46. The normalized spacial score (nSPS) is 16.7. The highest BCUT2D eigenvalue weighted by atomic mass is 32.1. The van der Waals surface area contributed by atoms with Crippen LogP contribution < -0.4 is 14.8 Å². The molecule has 4 rings (SSSR count). The lowest BCUT2D eigenvalue weighted by atomic mass is 9.75. The molecule has 0 radical (unpaired) electrons. The van der Waals surface area contributed by atoms with Crippen LogP contribution in [0.3, 0.4) is 0 Å². The molecule has 0 saturated heterocycles. The summed E-state index contributed by atoms with van der Waals surface area (Å²) in [6, 6.07) is 13.2. The summed E-state index contributed by atoms with van der Waals surface area (Å²) in [5.74, 6) is -1.02. The topological polar surface area (TPSA) is 108 Å². The monoisotopic (exact) mass is 563 g/mol.